The molecule has 0 aromatic heterocycles. The summed E-state index contributed by atoms with van der Waals surface area (Å²) in [4.78, 5) is 10.2. The SMILES string of the molecule is NNc1cc(COc2ccc(F)c(F)c2)ccc1[N+](=O)[O-]. The van der Waals surface area contributed by atoms with Gasteiger partial charge in [-0.05, 0) is 29.8 Å². The largest absolute Gasteiger partial charge is 0.489 e. The maximum atomic E-state index is 13.0. The number of halogens is 2. The van der Waals surface area contributed by atoms with E-state index in [0.717, 1.165) is 12.1 Å². The molecular weight excluding hydrogens is 284 g/mol. The quantitative estimate of drug-likeness (QED) is 0.503. The Morgan fingerprint density at radius 2 is 1.95 bits per heavy atom. The van der Waals surface area contributed by atoms with E-state index in [9.17, 15) is 18.9 Å². The van der Waals surface area contributed by atoms with Gasteiger partial charge >= 0.3 is 0 Å². The summed E-state index contributed by atoms with van der Waals surface area (Å²) in [6.07, 6.45) is 0. The lowest BCUT2D eigenvalue weighted by Gasteiger charge is -2.08. The second-order valence-corrected chi connectivity index (χ2v) is 4.12. The number of nitro benzene ring substituents is 1. The third-order valence-electron chi connectivity index (χ3n) is 2.71. The summed E-state index contributed by atoms with van der Waals surface area (Å²) in [5, 5.41) is 10.7. The van der Waals surface area contributed by atoms with Gasteiger partial charge in [-0.2, -0.15) is 0 Å². The van der Waals surface area contributed by atoms with Gasteiger partial charge in [0.05, 0.1) is 4.92 Å². The van der Waals surface area contributed by atoms with Crippen LogP contribution in [0.3, 0.4) is 0 Å². The van der Waals surface area contributed by atoms with E-state index in [1.54, 1.807) is 0 Å². The Hall–Kier alpha value is -2.74. The highest BCUT2D eigenvalue weighted by Crippen LogP contribution is 2.25. The average Bonchev–Trinajstić information content (AvgIpc) is 2.48. The molecule has 0 amide bonds. The molecule has 0 aliphatic heterocycles. The van der Waals surface area contributed by atoms with Gasteiger partial charge in [-0.25, -0.2) is 8.78 Å². The third kappa shape index (κ3) is 3.42. The van der Waals surface area contributed by atoms with E-state index in [1.165, 1.54) is 24.3 Å². The molecule has 0 radical (unpaired) electrons. The lowest BCUT2D eigenvalue weighted by atomic mass is 10.2. The van der Waals surface area contributed by atoms with Crippen molar-refractivity contribution in [3.05, 3.63) is 63.7 Å². The first-order valence-corrected chi connectivity index (χ1v) is 5.83. The summed E-state index contributed by atoms with van der Waals surface area (Å²) in [5.41, 5.74) is 2.77. The van der Waals surface area contributed by atoms with Gasteiger partial charge in [0.15, 0.2) is 11.6 Å². The van der Waals surface area contributed by atoms with Crippen LogP contribution in [0.25, 0.3) is 0 Å². The number of nitrogens with two attached hydrogens (primary N) is 1. The molecule has 0 bridgehead atoms. The Kier molecular flexibility index (Phi) is 4.29. The molecule has 0 spiro atoms. The Morgan fingerprint density at radius 3 is 2.57 bits per heavy atom. The second kappa shape index (κ2) is 6.14. The van der Waals surface area contributed by atoms with Gasteiger partial charge in [0, 0.05) is 12.1 Å². The molecule has 0 saturated carbocycles. The summed E-state index contributed by atoms with van der Waals surface area (Å²) in [7, 11) is 0. The Morgan fingerprint density at radius 1 is 1.19 bits per heavy atom. The predicted octanol–water partition coefficient (Wildman–Crippen LogP) is 2.74. The fourth-order valence-electron chi connectivity index (χ4n) is 1.68. The van der Waals surface area contributed by atoms with Crippen LogP contribution in [0, 0.1) is 21.7 Å². The molecule has 0 aliphatic rings. The molecule has 0 heterocycles. The van der Waals surface area contributed by atoms with Crippen LogP contribution in [0.15, 0.2) is 36.4 Å². The average molecular weight is 295 g/mol. The zero-order chi connectivity index (χ0) is 15.4. The first-order chi connectivity index (χ1) is 10.0. The van der Waals surface area contributed by atoms with Gasteiger partial charge in [-0.15, -0.1) is 0 Å². The number of nitrogens with zero attached hydrogens (tertiary/aromatic N) is 1. The number of hydrogen-bond donors (Lipinski definition) is 2. The van der Waals surface area contributed by atoms with Crippen molar-refractivity contribution in [1.29, 1.82) is 0 Å². The molecule has 8 heteroatoms. The molecular formula is C13H11F2N3O3. The number of benzene rings is 2. The number of ether oxygens (including phenoxy) is 1. The highest BCUT2D eigenvalue weighted by atomic mass is 19.2. The van der Waals surface area contributed by atoms with Crippen molar-refractivity contribution in [1.82, 2.24) is 0 Å². The van der Waals surface area contributed by atoms with Crippen LogP contribution >= 0.6 is 0 Å². The molecule has 2 aromatic carbocycles. The summed E-state index contributed by atoms with van der Waals surface area (Å²) < 4.78 is 31.1. The fourth-order valence-corrected chi connectivity index (χ4v) is 1.68. The molecule has 21 heavy (non-hydrogen) atoms. The molecule has 0 fully saturated rings. The van der Waals surface area contributed by atoms with Crippen molar-refractivity contribution in [3.63, 3.8) is 0 Å². The summed E-state index contributed by atoms with van der Waals surface area (Å²) in [6.45, 7) is 0.0255. The minimum Gasteiger partial charge on any atom is -0.489 e. The van der Waals surface area contributed by atoms with Crippen LogP contribution in [0.2, 0.25) is 0 Å². The van der Waals surface area contributed by atoms with E-state index >= 15 is 0 Å². The molecule has 0 atom stereocenters. The molecule has 3 N–H and O–H groups in total. The molecule has 2 aromatic rings. The number of rotatable bonds is 5. The van der Waals surface area contributed by atoms with Gasteiger partial charge in [0.2, 0.25) is 0 Å². The van der Waals surface area contributed by atoms with Gasteiger partial charge in [-0.3, -0.25) is 16.0 Å². The lowest BCUT2D eigenvalue weighted by molar-refractivity contribution is -0.384. The summed E-state index contributed by atoms with van der Waals surface area (Å²) in [5.74, 6) is 3.38. The molecule has 6 nitrogen and oxygen atoms in total. The van der Waals surface area contributed by atoms with Gasteiger partial charge < -0.3 is 10.2 Å². The monoisotopic (exact) mass is 295 g/mol. The number of hydrogen-bond acceptors (Lipinski definition) is 5. The number of nitro groups is 1. The predicted molar refractivity (Wildman–Crippen MR) is 71.6 cm³/mol. The third-order valence-corrected chi connectivity index (χ3v) is 2.71. The zero-order valence-corrected chi connectivity index (χ0v) is 10.7. The van der Waals surface area contributed by atoms with Crippen molar-refractivity contribution in [3.8, 4) is 5.75 Å². The lowest BCUT2D eigenvalue weighted by Crippen LogP contribution is -2.10. The molecule has 0 saturated heterocycles. The van der Waals surface area contributed by atoms with Crippen LogP contribution in [0.5, 0.6) is 5.75 Å². The molecule has 110 valence electrons. The van der Waals surface area contributed by atoms with Gasteiger partial charge in [0.1, 0.15) is 18.0 Å². The highest BCUT2D eigenvalue weighted by Gasteiger charge is 2.13. The Labute approximate surface area is 118 Å². The number of nitrogens with one attached hydrogen (secondary N) is 1. The highest BCUT2D eigenvalue weighted by molar-refractivity contribution is 5.62. The number of anilines is 1. The van der Waals surface area contributed by atoms with Crippen molar-refractivity contribution < 1.29 is 18.4 Å². The van der Waals surface area contributed by atoms with E-state index < -0.39 is 16.6 Å². The van der Waals surface area contributed by atoms with Crippen molar-refractivity contribution in [2.45, 2.75) is 6.61 Å². The van der Waals surface area contributed by atoms with Gasteiger partial charge in [-0.1, -0.05) is 0 Å². The van der Waals surface area contributed by atoms with E-state index in [4.69, 9.17) is 10.6 Å². The van der Waals surface area contributed by atoms with Crippen LogP contribution in [-0.2, 0) is 6.61 Å². The van der Waals surface area contributed by atoms with E-state index in [-0.39, 0.29) is 23.7 Å². The van der Waals surface area contributed by atoms with Crippen molar-refractivity contribution in [2.24, 2.45) is 5.84 Å². The Bertz CT molecular complexity index is 680. The van der Waals surface area contributed by atoms with Crippen LogP contribution in [0.1, 0.15) is 5.56 Å². The maximum Gasteiger partial charge on any atom is 0.293 e. The van der Waals surface area contributed by atoms with Crippen molar-refractivity contribution >= 4 is 11.4 Å². The first-order valence-electron chi connectivity index (χ1n) is 5.83. The first kappa shape index (κ1) is 14.7. The Balaban J connectivity index is 2.13. The minimum atomic E-state index is -1.01. The minimum absolute atomic E-state index is 0.0255. The normalized spacial score (nSPS) is 10.2. The van der Waals surface area contributed by atoms with Crippen LogP contribution < -0.4 is 16.0 Å². The van der Waals surface area contributed by atoms with Crippen molar-refractivity contribution in [2.75, 3.05) is 5.43 Å². The standard InChI is InChI=1S/C13H11F2N3O3/c14-10-3-2-9(6-11(10)15)21-7-8-1-4-13(18(19)20)12(5-8)17-16/h1-6,17H,7,16H2. The molecule has 0 aliphatic carbocycles. The van der Waals surface area contributed by atoms with E-state index in [1.807, 2.05) is 0 Å². The number of hydrazine groups is 1. The summed E-state index contributed by atoms with van der Waals surface area (Å²) >= 11 is 0. The van der Waals surface area contributed by atoms with Crippen LogP contribution in [-0.4, -0.2) is 4.92 Å². The number of nitrogen functional groups attached to an aromatic ring is 1. The smallest absolute Gasteiger partial charge is 0.293 e. The topological polar surface area (TPSA) is 90.4 Å². The molecule has 2 rings (SSSR count). The fraction of sp³-hybridized carbons (Fsp3) is 0.0769. The van der Waals surface area contributed by atoms with E-state index in [2.05, 4.69) is 5.43 Å². The second-order valence-electron chi connectivity index (χ2n) is 4.12. The summed E-state index contributed by atoms with van der Waals surface area (Å²) in [6, 6.07) is 7.36. The molecule has 0 unspecified atom stereocenters. The maximum absolute atomic E-state index is 13.0. The van der Waals surface area contributed by atoms with Crippen LogP contribution in [0.4, 0.5) is 20.2 Å². The van der Waals surface area contributed by atoms with Gasteiger partial charge in [0.25, 0.3) is 5.69 Å². The van der Waals surface area contributed by atoms with E-state index in [0.29, 0.717) is 5.56 Å². The zero-order valence-electron chi connectivity index (χ0n) is 10.7.